The Morgan fingerprint density at radius 2 is 2.39 bits per heavy atom. The van der Waals surface area contributed by atoms with Gasteiger partial charge in [0.25, 0.3) is 5.91 Å². The number of aliphatic hydroxyl groups is 1. The van der Waals surface area contributed by atoms with Gasteiger partial charge in [0.05, 0.1) is 23.3 Å². The van der Waals surface area contributed by atoms with Crippen LogP contribution >= 0.6 is 15.9 Å². The number of fused-ring (bicyclic) bond motifs is 1. The Kier molecular flexibility index (Phi) is 3.93. The van der Waals surface area contributed by atoms with Gasteiger partial charge in [-0.25, -0.2) is 9.50 Å². The first-order chi connectivity index (χ1) is 8.65. The van der Waals surface area contributed by atoms with E-state index in [-0.39, 0.29) is 18.6 Å². The van der Waals surface area contributed by atoms with Gasteiger partial charge in [-0.15, -0.1) is 0 Å². The standard InChI is InChI=1S/C11H13BrN4O2/c1-2-8(6-17)15-11(18)9-4-14-16-5-7(12)3-13-10(9)16/h3-5,8,17H,2,6H2,1H3,(H,15,18). The number of carbonyl (C=O) groups is 1. The first kappa shape index (κ1) is 13.0. The number of nitrogens with zero attached hydrogens (tertiary/aromatic N) is 3. The molecule has 0 fully saturated rings. The summed E-state index contributed by atoms with van der Waals surface area (Å²) in [5, 5.41) is 15.9. The number of aliphatic hydroxyl groups excluding tert-OH is 1. The van der Waals surface area contributed by atoms with Crippen molar-refractivity contribution in [1.29, 1.82) is 0 Å². The number of nitrogens with one attached hydrogen (secondary N) is 1. The van der Waals surface area contributed by atoms with Gasteiger partial charge in [0, 0.05) is 12.4 Å². The number of aromatic nitrogens is 3. The Morgan fingerprint density at radius 1 is 1.61 bits per heavy atom. The summed E-state index contributed by atoms with van der Waals surface area (Å²) in [5.41, 5.74) is 0.887. The van der Waals surface area contributed by atoms with Crippen molar-refractivity contribution >= 4 is 27.5 Å². The van der Waals surface area contributed by atoms with Gasteiger partial charge in [0.2, 0.25) is 0 Å². The Morgan fingerprint density at radius 3 is 3.06 bits per heavy atom. The van der Waals surface area contributed by atoms with E-state index in [0.717, 1.165) is 4.47 Å². The van der Waals surface area contributed by atoms with Crippen LogP contribution in [0.25, 0.3) is 5.65 Å². The Balaban J connectivity index is 2.28. The molecule has 2 aromatic heterocycles. The van der Waals surface area contributed by atoms with E-state index in [1.807, 2.05) is 6.92 Å². The third-order valence-corrected chi connectivity index (χ3v) is 3.03. The second-order valence-electron chi connectivity index (χ2n) is 3.86. The lowest BCUT2D eigenvalue weighted by atomic mass is 10.2. The number of hydrogen-bond acceptors (Lipinski definition) is 4. The third kappa shape index (κ3) is 2.51. The first-order valence-electron chi connectivity index (χ1n) is 5.56. The Hall–Kier alpha value is -1.47. The van der Waals surface area contributed by atoms with Crippen LogP contribution in [0.1, 0.15) is 23.7 Å². The maximum Gasteiger partial charge on any atom is 0.257 e. The highest BCUT2D eigenvalue weighted by Gasteiger charge is 2.16. The number of hydrogen-bond donors (Lipinski definition) is 2. The minimum absolute atomic E-state index is 0.0829. The van der Waals surface area contributed by atoms with E-state index in [4.69, 9.17) is 5.11 Å². The van der Waals surface area contributed by atoms with Crippen LogP contribution in [0.15, 0.2) is 23.1 Å². The number of rotatable bonds is 4. The minimum atomic E-state index is -0.277. The summed E-state index contributed by atoms with van der Waals surface area (Å²) in [4.78, 5) is 16.2. The van der Waals surface area contributed by atoms with Crippen LogP contribution < -0.4 is 5.32 Å². The second-order valence-corrected chi connectivity index (χ2v) is 4.78. The molecule has 1 amide bonds. The second kappa shape index (κ2) is 5.45. The van der Waals surface area contributed by atoms with Crippen LogP contribution in [-0.4, -0.2) is 38.3 Å². The molecule has 0 aromatic carbocycles. The Bertz CT molecular complexity index is 565. The van der Waals surface area contributed by atoms with E-state index in [1.165, 1.54) is 10.7 Å². The van der Waals surface area contributed by atoms with Gasteiger partial charge in [-0.2, -0.15) is 5.10 Å². The van der Waals surface area contributed by atoms with E-state index in [0.29, 0.717) is 17.6 Å². The van der Waals surface area contributed by atoms with Crippen LogP contribution in [-0.2, 0) is 0 Å². The van der Waals surface area contributed by atoms with Crippen molar-refractivity contribution in [3.63, 3.8) is 0 Å². The molecule has 18 heavy (non-hydrogen) atoms. The van der Waals surface area contributed by atoms with Gasteiger partial charge in [-0.1, -0.05) is 6.92 Å². The molecule has 2 rings (SSSR count). The maximum absolute atomic E-state index is 12.0. The molecule has 2 aromatic rings. The van der Waals surface area contributed by atoms with E-state index in [2.05, 4.69) is 31.3 Å². The number of carbonyl (C=O) groups excluding carboxylic acids is 1. The smallest absolute Gasteiger partial charge is 0.257 e. The predicted octanol–water partition coefficient (Wildman–Crippen LogP) is 0.992. The zero-order valence-electron chi connectivity index (χ0n) is 9.80. The van der Waals surface area contributed by atoms with Gasteiger partial charge < -0.3 is 10.4 Å². The molecule has 0 saturated carbocycles. The molecule has 1 atom stereocenters. The summed E-state index contributed by atoms with van der Waals surface area (Å²) in [6.45, 7) is 1.81. The average molecular weight is 313 g/mol. The lowest BCUT2D eigenvalue weighted by Gasteiger charge is -2.12. The van der Waals surface area contributed by atoms with Crippen molar-refractivity contribution in [3.8, 4) is 0 Å². The number of halogens is 1. The SMILES string of the molecule is CCC(CO)NC(=O)c1cnn2cc(Br)cnc12. The monoisotopic (exact) mass is 312 g/mol. The lowest BCUT2D eigenvalue weighted by molar-refractivity contribution is 0.0916. The molecular weight excluding hydrogens is 300 g/mol. The topological polar surface area (TPSA) is 79.5 Å². The fourth-order valence-electron chi connectivity index (χ4n) is 1.55. The normalized spacial score (nSPS) is 12.6. The zero-order valence-corrected chi connectivity index (χ0v) is 11.4. The highest BCUT2D eigenvalue weighted by Crippen LogP contribution is 2.12. The predicted molar refractivity (Wildman–Crippen MR) is 69.3 cm³/mol. The molecule has 6 nitrogen and oxygen atoms in total. The summed E-state index contributed by atoms with van der Waals surface area (Å²) in [5.74, 6) is -0.277. The third-order valence-electron chi connectivity index (χ3n) is 2.62. The Labute approximate surface area is 112 Å². The summed E-state index contributed by atoms with van der Waals surface area (Å²) >= 11 is 3.28. The van der Waals surface area contributed by atoms with E-state index >= 15 is 0 Å². The summed E-state index contributed by atoms with van der Waals surface area (Å²) in [6.07, 6.45) is 5.47. The van der Waals surface area contributed by atoms with E-state index < -0.39 is 0 Å². The van der Waals surface area contributed by atoms with Crippen molar-refractivity contribution in [1.82, 2.24) is 19.9 Å². The molecule has 0 aliphatic heterocycles. The fourth-order valence-corrected chi connectivity index (χ4v) is 1.85. The lowest BCUT2D eigenvalue weighted by Crippen LogP contribution is -2.36. The quantitative estimate of drug-likeness (QED) is 0.882. The molecule has 0 aliphatic rings. The molecular formula is C11H13BrN4O2. The minimum Gasteiger partial charge on any atom is -0.394 e. The molecule has 7 heteroatoms. The summed E-state index contributed by atoms with van der Waals surface area (Å²) in [6, 6.07) is -0.247. The summed E-state index contributed by atoms with van der Waals surface area (Å²) in [7, 11) is 0. The van der Waals surface area contributed by atoms with Gasteiger partial charge >= 0.3 is 0 Å². The molecule has 0 saturated heterocycles. The van der Waals surface area contributed by atoms with Crippen LogP contribution in [0, 0.1) is 0 Å². The van der Waals surface area contributed by atoms with E-state index in [9.17, 15) is 4.79 Å². The van der Waals surface area contributed by atoms with Crippen LogP contribution in [0.5, 0.6) is 0 Å². The van der Waals surface area contributed by atoms with E-state index in [1.54, 1.807) is 12.4 Å². The summed E-state index contributed by atoms with van der Waals surface area (Å²) < 4.78 is 2.31. The molecule has 0 radical (unpaired) electrons. The van der Waals surface area contributed by atoms with Crippen LogP contribution in [0.2, 0.25) is 0 Å². The van der Waals surface area contributed by atoms with Gasteiger partial charge in [0.15, 0.2) is 5.65 Å². The highest BCUT2D eigenvalue weighted by molar-refractivity contribution is 9.10. The van der Waals surface area contributed by atoms with Crippen LogP contribution in [0.4, 0.5) is 0 Å². The molecule has 1 unspecified atom stereocenters. The maximum atomic E-state index is 12.0. The van der Waals surface area contributed by atoms with Crippen molar-refractivity contribution in [3.05, 3.63) is 28.6 Å². The molecule has 2 heterocycles. The van der Waals surface area contributed by atoms with Crippen molar-refractivity contribution < 1.29 is 9.90 Å². The molecule has 0 aliphatic carbocycles. The molecule has 0 spiro atoms. The zero-order chi connectivity index (χ0) is 13.1. The van der Waals surface area contributed by atoms with Crippen molar-refractivity contribution in [2.75, 3.05) is 6.61 Å². The first-order valence-corrected chi connectivity index (χ1v) is 6.35. The van der Waals surface area contributed by atoms with Crippen LogP contribution in [0.3, 0.4) is 0 Å². The molecule has 2 N–H and O–H groups in total. The van der Waals surface area contributed by atoms with Gasteiger partial charge in [0.1, 0.15) is 5.56 Å². The molecule has 96 valence electrons. The fraction of sp³-hybridized carbons (Fsp3) is 0.364. The number of amides is 1. The average Bonchev–Trinajstić information content (AvgIpc) is 2.78. The highest BCUT2D eigenvalue weighted by atomic mass is 79.9. The van der Waals surface area contributed by atoms with Gasteiger partial charge in [-0.3, -0.25) is 4.79 Å². The molecule has 0 bridgehead atoms. The van der Waals surface area contributed by atoms with Crippen molar-refractivity contribution in [2.24, 2.45) is 0 Å². The van der Waals surface area contributed by atoms with Crippen molar-refractivity contribution in [2.45, 2.75) is 19.4 Å². The largest absolute Gasteiger partial charge is 0.394 e. The van der Waals surface area contributed by atoms with Gasteiger partial charge in [-0.05, 0) is 22.4 Å².